The average molecular weight is 367 g/mol. The molecule has 2 fully saturated rings. The molecule has 2 aromatic rings. The van der Waals surface area contributed by atoms with E-state index in [0.29, 0.717) is 17.8 Å². The molecule has 2 aliphatic rings. The van der Waals surface area contributed by atoms with Crippen LogP contribution in [0.25, 0.3) is 11.4 Å². The summed E-state index contributed by atoms with van der Waals surface area (Å²) in [5.41, 5.74) is 3.10. The van der Waals surface area contributed by atoms with Crippen molar-refractivity contribution in [3.63, 3.8) is 0 Å². The number of ether oxygens (including phenoxy) is 1. The smallest absolute Gasteiger partial charge is 0.251 e. The lowest BCUT2D eigenvalue weighted by atomic mass is 10.0. The van der Waals surface area contributed by atoms with Gasteiger partial charge in [0.25, 0.3) is 5.56 Å². The largest absolute Gasteiger partial charge is 0.377 e. The number of aromatic nitrogens is 2. The Morgan fingerprint density at radius 3 is 2.81 bits per heavy atom. The van der Waals surface area contributed by atoms with E-state index in [2.05, 4.69) is 29.1 Å². The van der Waals surface area contributed by atoms with E-state index in [1.54, 1.807) is 6.07 Å². The van der Waals surface area contributed by atoms with Gasteiger partial charge in [0.15, 0.2) is 0 Å². The summed E-state index contributed by atoms with van der Waals surface area (Å²) in [7, 11) is 2.13. The summed E-state index contributed by atoms with van der Waals surface area (Å²) < 4.78 is 5.74. The summed E-state index contributed by atoms with van der Waals surface area (Å²) in [5.74, 6) is 1.12. The maximum atomic E-state index is 12.2. The minimum atomic E-state index is -0.0530. The van der Waals surface area contributed by atoms with Crippen molar-refractivity contribution in [1.82, 2.24) is 14.9 Å². The molecule has 1 atom stereocenters. The van der Waals surface area contributed by atoms with E-state index < -0.39 is 0 Å². The van der Waals surface area contributed by atoms with Crippen LogP contribution in [-0.2, 0) is 11.3 Å². The number of nitrogens with zero attached hydrogens (tertiary/aromatic N) is 2. The molecular weight excluding hydrogens is 338 g/mol. The first-order valence-electron chi connectivity index (χ1n) is 10.2. The van der Waals surface area contributed by atoms with E-state index in [1.165, 1.54) is 24.8 Å². The fourth-order valence-electron chi connectivity index (χ4n) is 4.37. The average Bonchev–Trinajstić information content (AvgIpc) is 3.35. The lowest BCUT2D eigenvalue weighted by Gasteiger charge is -2.20. The molecule has 1 saturated heterocycles. The Morgan fingerprint density at radius 1 is 1.19 bits per heavy atom. The molecule has 0 bridgehead atoms. The Labute approximate surface area is 160 Å². The van der Waals surface area contributed by atoms with E-state index in [9.17, 15) is 4.79 Å². The number of likely N-dealkylation sites (N-methyl/N-ethyl adjacent to an activating group) is 1. The topological polar surface area (TPSA) is 58.2 Å². The Balaban J connectivity index is 1.50. The van der Waals surface area contributed by atoms with E-state index >= 15 is 0 Å². The highest BCUT2D eigenvalue weighted by Crippen LogP contribution is 2.33. The van der Waals surface area contributed by atoms with Crippen LogP contribution in [0, 0.1) is 0 Å². The molecule has 5 nitrogen and oxygen atoms in total. The highest BCUT2D eigenvalue weighted by Gasteiger charge is 2.20. The summed E-state index contributed by atoms with van der Waals surface area (Å²) >= 11 is 0. The van der Waals surface area contributed by atoms with Crippen LogP contribution in [0.5, 0.6) is 0 Å². The second-order valence-corrected chi connectivity index (χ2v) is 8.03. The number of nitrogens with one attached hydrogen (secondary N) is 1. The van der Waals surface area contributed by atoms with Crippen LogP contribution in [0.1, 0.15) is 55.7 Å². The lowest BCUT2D eigenvalue weighted by molar-refractivity contribution is 0.0793. The summed E-state index contributed by atoms with van der Waals surface area (Å²) in [6, 6.07) is 10.0. The molecule has 5 heteroatoms. The predicted molar refractivity (Wildman–Crippen MR) is 107 cm³/mol. The van der Waals surface area contributed by atoms with Crippen molar-refractivity contribution in [3.8, 4) is 11.4 Å². The number of rotatable bonds is 6. The van der Waals surface area contributed by atoms with Gasteiger partial charge in [0.05, 0.1) is 11.8 Å². The molecule has 2 heterocycles. The van der Waals surface area contributed by atoms with Crippen molar-refractivity contribution in [2.24, 2.45) is 0 Å². The van der Waals surface area contributed by atoms with Gasteiger partial charge in [-0.1, -0.05) is 31.0 Å². The van der Waals surface area contributed by atoms with Crippen molar-refractivity contribution in [3.05, 3.63) is 51.9 Å². The molecule has 144 valence electrons. The molecule has 1 saturated carbocycles. The van der Waals surface area contributed by atoms with Crippen LogP contribution < -0.4 is 5.56 Å². The van der Waals surface area contributed by atoms with Crippen LogP contribution >= 0.6 is 0 Å². The molecule has 4 rings (SSSR count). The highest BCUT2D eigenvalue weighted by molar-refractivity contribution is 5.56. The van der Waals surface area contributed by atoms with Gasteiger partial charge in [-0.2, -0.15) is 0 Å². The second kappa shape index (κ2) is 8.36. The van der Waals surface area contributed by atoms with Gasteiger partial charge >= 0.3 is 0 Å². The summed E-state index contributed by atoms with van der Waals surface area (Å²) in [6.45, 7) is 2.71. The first-order valence-corrected chi connectivity index (χ1v) is 10.2. The van der Waals surface area contributed by atoms with Crippen molar-refractivity contribution in [2.45, 2.75) is 57.1 Å². The minimum absolute atomic E-state index is 0.0530. The van der Waals surface area contributed by atoms with Crippen molar-refractivity contribution in [2.75, 3.05) is 20.2 Å². The fraction of sp³-hybridized carbons (Fsp3) is 0.545. The molecule has 1 aromatic heterocycles. The Hall–Kier alpha value is -1.98. The number of hydrogen-bond donors (Lipinski definition) is 1. The van der Waals surface area contributed by atoms with Gasteiger partial charge in [0.2, 0.25) is 0 Å². The fourth-order valence-corrected chi connectivity index (χ4v) is 4.37. The van der Waals surface area contributed by atoms with Crippen LogP contribution in [0.2, 0.25) is 0 Å². The van der Waals surface area contributed by atoms with Gasteiger partial charge in [-0.3, -0.25) is 9.69 Å². The Bertz CT molecular complexity index is 820. The van der Waals surface area contributed by atoms with Gasteiger partial charge in [-0.25, -0.2) is 4.98 Å². The monoisotopic (exact) mass is 367 g/mol. The SMILES string of the molecule is CN(Cc1cccc(-c2nc(C3CCCC3)cc(=O)[nH]2)c1)CC1CCCO1. The summed E-state index contributed by atoms with van der Waals surface area (Å²) in [4.78, 5) is 22.2. The van der Waals surface area contributed by atoms with Gasteiger partial charge in [0, 0.05) is 37.2 Å². The van der Waals surface area contributed by atoms with Crippen LogP contribution in [0.4, 0.5) is 0 Å². The molecule has 0 spiro atoms. The standard InChI is InChI=1S/C22H29N3O2/c1-25(15-19-10-5-11-27-19)14-16-6-4-9-18(12-16)22-23-20(13-21(26)24-22)17-7-2-3-8-17/h4,6,9,12-13,17,19H,2-3,5,7-8,10-11,14-15H2,1H3,(H,23,24,26). The number of H-pyrrole nitrogens is 1. The molecule has 1 aliphatic heterocycles. The lowest BCUT2D eigenvalue weighted by Crippen LogP contribution is -2.28. The maximum Gasteiger partial charge on any atom is 0.251 e. The van der Waals surface area contributed by atoms with Gasteiger partial charge in [-0.15, -0.1) is 0 Å². The van der Waals surface area contributed by atoms with E-state index in [-0.39, 0.29) is 5.56 Å². The van der Waals surface area contributed by atoms with Gasteiger partial charge in [0.1, 0.15) is 5.82 Å². The normalized spacial score (nSPS) is 20.6. The zero-order chi connectivity index (χ0) is 18.6. The summed E-state index contributed by atoms with van der Waals surface area (Å²) in [5, 5.41) is 0. The third-order valence-electron chi connectivity index (χ3n) is 5.73. The second-order valence-electron chi connectivity index (χ2n) is 8.03. The highest BCUT2D eigenvalue weighted by atomic mass is 16.5. The molecule has 1 unspecified atom stereocenters. The Morgan fingerprint density at radius 2 is 2.04 bits per heavy atom. The molecule has 1 N–H and O–H groups in total. The molecule has 27 heavy (non-hydrogen) atoms. The van der Waals surface area contributed by atoms with Crippen molar-refractivity contribution >= 4 is 0 Å². The first-order chi connectivity index (χ1) is 13.2. The quantitative estimate of drug-likeness (QED) is 0.846. The number of hydrogen-bond acceptors (Lipinski definition) is 4. The third kappa shape index (κ3) is 4.66. The van der Waals surface area contributed by atoms with Crippen molar-refractivity contribution in [1.29, 1.82) is 0 Å². The van der Waals surface area contributed by atoms with E-state index in [0.717, 1.165) is 50.2 Å². The third-order valence-corrected chi connectivity index (χ3v) is 5.73. The maximum absolute atomic E-state index is 12.2. The van der Waals surface area contributed by atoms with Crippen LogP contribution in [-0.4, -0.2) is 41.2 Å². The zero-order valence-electron chi connectivity index (χ0n) is 16.1. The molecule has 1 aliphatic carbocycles. The molecule has 0 amide bonds. The minimum Gasteiger partial charge on any atom is -0.377 e. The molecule has 1 aromatic carbocycles. The van der Waals surface area contributed by atoms with Crippen LogP contribution in [0.3, 0.4) is 0 Å². The van der Waals surface area contributed by atoms with Gasteiger partial charge < -0.3 is 9.72 Å². The van der Waals surface area contributed by atoms with Crippen molar-refractivity contribution < 1.29 is 4.74 Å². The summed E-state index contributed by atoms with van der Waals surface area (Å²) in [6.07, 6.45) is 7.45. The van der Waals surface area contributed by atoms with Crippen LogP contribution in [0.15, 0.2) is 35.1 Å². The molecular formula is C22H29N3O2. The molecule has 0 radical (unpaired) electrons. The zero-order valence-corrected chi connectivity index (χ0v) is 16.1. The van der Waals surface area contributed by atoms with E-state index in [4.69, 9.17) is 9.72 Å². The van der Waals surface area contributed by atoms with Gasteiger partial charge in [-0.05, 0) is 44.4 Å². The van der Waals surface area contributed by atoms with E-state index in [1.807, 2.05) is 12.1 Å². The Kier molecular flexibility index (Phi) is 5.69. The predicted octanol–water partition coefficient (Wildman–Crippen LogP) is 3.71. The number of benzene rings is 1. The number of aromatic amines is 1. The first kappa shape index (κ1) is 18.4.